The van der Waals surface area contributed by atoms with Crippen molar-refractivity contribution >= 4 is 11.8 Å². The molecule has 3 heteroatoms. The lowest BCUT2D eigenvalue weighted by Gasteiger charge is -2.54. The summed E-state index contributed by atoms with van der Waals surface area (Å²) in [5, 5.41) is 0. The predicted octanol–water partition coefficient (Wildman–Crippen LogP) is 1.66. The molecule has 3 unspecified atom stereocenters. The average molecular weight is 217 g/mol. The first-order valence-electron chi connectivity index (χ1n) is 5.80. The van der Waals surface area contributed by atoms with Gasteiger partial charge in [0, 0.05) is 0 Å². The molecule has 3 atom stereocenters. The molecule has 0 N–H and O–H groups in total. The molecular weight excluding hydrogens is 202 g/mol. The number of β-lactam (4-membered cyclic amide) rings is 1. The van der Waals surface area contributed by atoms with Crippen LogP contribution in [0.3, 0.4) is 0 Å². The van der Waals surface area contributed by atoms with Gasteiger partial charge in [-0.2, -0.15) is 0 Å². The van der Waals surface area contributed by atoms with Crippen LogP contribution in [0.5, 0.6) is 0 Å². The quantitative estimate of drug-likeness (QED) is 0.380. The Labute approximate surface area is 94.8 Å². The molecule has 16 heavy (non-hydrogen) atoms. The van der Waals surface area contributed by atoms with Crippen LogP contribution in [-0.4, -0.2) is 22.3 Å². The van der Waals surface area contributed by atoms with Crippen LogP contribution in [0.15, 0.2) is 24.8 Å². The Morgan fingerprint density at radius 1 is 1.50 bits per heavy atom. The Bertz CT molecular complexity index is 426. The maximum Gasteiger partial charge on any atom is 0.253 e. The minimum Gasteiger partial charge on any atom is -0.274 e. The molecule has 2 amide bonds. The van der Waals surface area contributed by atoms with Crippen molar-refractivity contribution in [3.8, 4) is 0 Å². The Morgan fingerprint density at radius 3 is 2.75 bits per heavy atom. The number of carbonyl (C=O) groups is 2. The summed E-state index contributed by atoms with van der Waals surface area (Å²) in [5.74, 6) is 0.647. The van der Waals surface area contributed by atoms with Crippen molar-refractivity contribution in [1.82, 2.24) is 4.90 Å². The molecular formula is C13H15NO2. The van der Waals surface area contributed by atoms with E-state index in [2.05, 4.69) is 13.2 Å². The van der Waals surface area contributed by atoms with Gasteiger partial charge in [0.1, 0.15) is 0 Å². The molecule has 3 aliphatic rings. The van der Waals surface area contributed by atoms with E-state index in [1.807, 2.05) is 0 Å². The molecule has 3 rings (SSSR count). The molecule has 0 aromatic carbocycles. The van der Waals surface area contributed by atoms with E-state index in [1.165, 1.54) is 17.4 Å². The SMILES string of the molecule is C=CC(=O)N1C(=O)CC12C(=C)C1CCC2C1. The maximum atomic E-state index is 11.7. The molecule has 1 saturated heterocycles. The Hall–Kier alpha value is -1.38. The third-order valence-electron chi connectivity index (χ3n) is 4.62. The zero-order valence-corrected chi connectivity index (χ0v) is 9.24. The smallest absolute Gasteiger partial charge is 0.253 e. The Balaban J connectivity index is 2.00. The number of fused-ring (bicyclic) bond motifs is 3. The maximum absolute atomic E-state index is 11.7. The predicted molar refractivity (Wildman–Crippen MR) is 59.4 cm³/mol. The van der Waals surface area contributed by atoms with Gasteiger partial charge in [-0.1, -0.05) is 13.2 Å². The van der Waals surface area contributed by atoms with E-state index < -0.39 is 0 Å². The highest BCUT2D eigenvalue weighted by atomic mass is 16.2. The summed E-state index contributed by atoms with van der Waals surface area (Å²) in [4.78, 5) is 24.8. The monoisotopic (exact) mass is 217 g/mol. The first-order chi connectivity index (χ1) is 7.61. The van der Waals surface area contributed by atoms with Crippen LogP contribution in [0.2, 0.25) is 0 Å². The highest BCUT2D eigenvalue weighted by Gasteiger charge is 2.65. The van der Waals surface area contributed by atoms with Crippen molar-refractivity contribution in [2.45, 2.75) is 31.2 Å². The van der Waals surface area contributed by atoms with Crippen molar-refractivity contribution in [3.05, 3.63) is 24.8 Å². The molecule has 2 bridgehead atoms. The summed E-state index contributed by atoms with van der Waals surface area (Å²) >= 11 is 0. The number of likely N-dealkylation sites (tertiary alicyclic amines) is 1. The van der Waals surface area contributed by atoms with Crippen molar-refractivity contribution in [2.24, 2.45) is 11.8 Å². The lowest BCUT2D eigenvalue weighted by atomic mass is 9.68. The van der Waals surface area contributed by atoms with Gasteiger partial charge in [-0.25, -0.2) is 0 Å². The van der Waals surface area contributed by atoms with Gasteiger partial charge in [0.15, 0.2) is 0 Å². The second-order valence-corrected chi connectivity index (χ2v) is 5.10. The molecule has 84 valence electrons. The number of rotatable bonds is 1. The van der Waals surface area contributed by atoms with Crippen LogP contribution in [0, 0.1) is 11.8 Å². The van der Waals surface area contributed by atoms with E-state index in [0.717, 1.165) is 18.4 Å². The fourth-order valence-corrected chi connectivity index (χ4v) is 3.86. The second kappa shape index (κ2) is 2.84. The molecule has 1 heterocycles. The van der Waals surface area contributed by atoms with Gasteiger partial charge in [-0.05, 0) is 42.7 Å². The van der Waals surface area contributed by atoms with E-state index in [9.17, 15) is 9.59 Å². The Kier molecular flexibility index (Phi) is 1.74. The van der Waals surface area contributed by atoms with Crippen LogP contribution in [0.4, 0.5) is 0 Å². The third-order valence-corrected chi connectivity index (χ3v) is 4.62. The molecule has 3 nitrogen and oxygen atoms in total. The summed E-state index contributed by atoms with van der Waals surface area (Å²) in [6.45, 7) is 7.60. The number of hydrogen-bond donors (Lipinski definition) is 0. The average Bonchev–Trinajstić information content (AvgIpc) is 2.81. The van der Waals surface area contributed by atoms with E-state index in [4.69, 9.17) is 0 Å². The summed E-state index contributed by atoms with van der Waals surface area (Å²) in [5.41, 5.74) is 0.782. The van der Waals surface area contributed by atoms with Crippen LogP contribution in [-0.2, 0) is 9.59 Å². The summed E-state index contributed by atoms with van der Waals surface area (Å²) in [7, 11) is 0. The van der Waals surface area contributed by atoms with E-state index in [0.29, 0.717) is 18.3 Å². The zero-order valence-electron chi connectivity index (χ0n) is 9.24. The molecule has 2 aliphatic carbocycles. The number of imide groups is 1. The fourth-order valence-electron chi connectivity index (χ4n) is 3.86. The Morgan fingerprint density at radius 2 is 2.25 bits per heavy atom. The number of nitrogens with zero attached hydrogens (tertiary/aromatic N) is 1. The summed E-state index contributed by atoms with van der Waals surface area (Å²) in [6, 6.07) is 0. The van der Waals surface area contributed by atoms with Crippen molar-refractivity contribution in [2.75, 3.05) is 0 Å². The third kappa shape index (κ3) is 0.856. The number of carbonyl (C=O) groups excluding carboxylic acids is 2. The van der Waals surface area contributed by atoms with Crippen LogP contribution in [0.1, 0.15) is 25.7 Å². The van der Waals surface area contributed by atoms with Gasteiger partial charge in [0.2, 0.25) is 5.91 Å². The highest BCUT2D eigenvalue weighted by molar-refractivity contribution is 6.07. The number of amides is 2. The van der Waals surface area contributed by atoms with E-state index in [-0.39, 0.29) is 17.4 Å². The highest BCUT2D eigenvalue weighted by Crippen LogP contribution is 2.61. The van der Waals surface area contributed by atoms with Gasteiger partial charge < -0.3 is 0 Å². The summed E-state index contributed by atoms with van der Waals surface area (Å²) < 4.78 is 0. The fraction of sp³-hybridized carbons (Fsp3) is 0.538. The van der Waals surface area contributed by atoms with Gasteiger partial charge in [-0.15, -0.1) is 0 Å². The minimum atomic E-state index is -0.328. The van der Waals surface area contributed by atoms with E-state index >= 15 is 0 Å². The largest absolute Gasteiger partial charge is 0.274 e. The van der Waals surface area contributed by atoms with Gasteiger partial charge in [0.05, 0.1) is 12.0 Å². The van der Waals surface area contributed by atoms with Gasteiger partial charge in [0.25, 0.3) is 5.91 Å². The molecule has 3 fully saturated rings. The van der Waals surface area contributed by atoms with Crippen LogP contribution < -0.4 is 0 Å². The normalized spacial score (nSPS) is 40.4. The molecule has 1 spiro atoms. The van der Waals surface area contributed by atoms with Crippen LogP contribution >= 0.6 is 0 Å². The molecule has 0 radical (unpaired) electrons. The van der Waals surface area contributed by atoms with E-state index in [1.54, 1.807) is 0 Å². The van der Waals surface area contributed by atoms with Gasteiger partial charge >= 0.3 is 0 Å². The van der Waals surface area contributed by atoms with Crippen molar-refractivity contribution in [1.29, 1.82) is 0 Å². The lowest BCUT2D eigenvalue weighted by molar-refractivity contribution is -0.165. The van der Waals surface area contributed by atoms with Crippen LogP contribution in [0.25, 0.3) is 0 Å². The standard InChI is InChI=1S/C13H15NO2/c1-3-11(15)14-12(16)7-13(14)8(2)9-4-5-10(13)6-9/h3,9-10H,1-2,4-7H2. The zero-order chi connectivity index (χ0) is 11.5. The topological polar surface area (TPSA) is 37.4 Å². The molecule has 0 aromatic rings. The molecule has 0 aromatic heterocycles. The first-order valence-corrected chi connectivity index (χ1v) is 5.80. The molecule has 2 saturated carbocycles. The molecule has 1 aliphatic heterocycles. The minimum absolute atomic E-state index is 0.0707. The summed E-state index contributed by atoms with van der Waals surface area (Å²) in [6.07, 6.45) is 5.12. The second-order valence-electron chi connectivity index (χ2n) is 5.10. The lowest BCUT2D eigenvalue weighted by Crippen LogP contribution is -2.68. The van der Waals surface area contributed by atoms with Crippen molar-refractivity contribution in [3.63, 3.8) is 0 Å². The first kappa shape index (κ1) is 9.82. The van der Waals surface area contributed by atoms with Gasteiger partial charge in [-0.3, -0.25) is 14.5 Å². The van der Waals surface area contributed by atoms with Crippen molar-refractivity contribution < 1.29 is 9.59 Å². The number of hydrogen-bond acceptors (Lipinski definition) is 2.